The van der Waals surface area contributed by atoms with Crippen LogP contribution in [-0.2, 0) is 0 Å². The quantitative estimate of drug-likeness (QED) is 0.613. The molecule has 0 aliphatic carbocycles. The van der Waals surface area contributed by atoms with Crippen LogP contribution in [0, 0.1) is 5.92 Å². The summed E-state index contributed by atoms with van der Waals surface area (Å²) in [5.74, 6) is 0.742. The normalized spacial score (nSPS) is 22.9. The van der Waals surface area contributed by atoms with Gasteiger partial charge in [-0.05, 0) is 40.0 Å². The Morgan fingerprint density at radius 1 is 1.07 bits per heavy atom. The molecule has 1 aliphatic heterocycles. The summed E-state index contributed by atoms with van der Waals surface area (Å²) in [6, 6.07) is 0. The fourth-order valence-corrected chi connectivity index (χ4v) is 1.95. The highest BCUT2D eigenvalue weighted by atomic mass is 15.0. The number of allylic oxidation sites excluding steroid dienone is 2. The minimum Gasteiger partial charge on any atom is -0.384 e. The number of hydrogen-bond donors (Lipinski definition) is 1. The van der Waals surface area contributed by atoms with Crippen LogP contribution in [-0.4, -0.2) is 5.54 Å². The first-order valence-corrected chi connectivity index (χ1v) is 6.38. The van der Waals surface area contributed by atoms with E-state index in [0.29, 0.717) is 5.54 Å². The molecule has 0 spiro atoms. The molecule has 0 saturated heterocycles. The average Bonchev–Trinajstić information content (AvgIpc) is 2.19. The molecule has 0 radical (unpaired) electrons. The van der Waals surface area contributed by atoms with Crippen LogP contribution in [0.15, 0.2) is 11.3 Å². The van der Waals surface area contributed by atoms with Gasteiger partial charge in [0.1, 0.15) is 0 Å². The van der Waals surface area contributed by atoms with Crippen molar-refractivity contribution in [2.45, 2.75) is 74.3 Å². The van der Waals surface area contributed by atoms with Gasteiger partial charge in [0.05, 0.1) is 0 Å². The Bertz CT molecular complexity index is 190. The molecule has 0 fully saturated rings. The molecule has 1 atom stereocenters. The van der Waals surface area contributed by atoms with Gasteiger partial charge in [-0.25, -0.2) is 0 Å². The van der Waals surface area contributed by atoms with Crippen molar-refractivity contribution < 1.29 is 0 Å². The standard InChI is InChI=1S/C10H19N.2C2H6/c1-7-6-10(4,5)11-9(3)8(7)2;2*1-2/h7,11H,6H2,1-5H3;2*1-2H3. The molecule has 1 heteroatoms. The predicted molar refractivity (Wildman–Crippen MR) is 72.1 cm³/mol. The molecule has 0 aromatic carbocycles. The van der Waals surface area contributed by atoms with Crippen molar-refractivity contribution in [3.63, 3.8) is 0 Å². The second-order valence-electron chi connectivity index (χ2n) is 4.42. The molecule has 0 bridgehead atoms. The van der Waals surface area contributed by atoms with Gasteiger partial charge in [-0.15, -0.1) is 0 Å². The third-order valence-electron chi connectivity index (χ3n) is 2.67. The Balaban J connectivity index is 0. The Labute approximate surface area is 97.3 Å². The maximum Gasteiger partial charge on any atom is 0.0320 e. The van der Waals surface area contributed by atoms with Crippen LogP contribution in [0.1, 0.15) is 68.7 Å². The average molecular weight is 213 g/mol. The van der Waals surface area contributed by atoms with Gasteiger partial charge in [0, 0.05) is 11.2 Å². The summed E-state index contributed by atoms with van der Waals surface area (Å²) in [5, 5.41) is 3.52. The molecule has 15 heavy (non-hydrogen) atoms. The zero-order valence-electron chi connectivity index (χ0n) is 12.3. The highest BCUT2D eigenvalue weighted by Gasteiger charge is 2.26. The first kappa shape index (κ1) is 17.0. The predicted octanol–water partition coefficient (Wildman–Crippen LogP) is 4.74. The van der Waals surface area contributed by atoms with Gasteiger partial charge >= 0.3 is 0 Å². The molecular weight excluding hydrogens is 182 g/mol. The summed E-state index contributed by atoms with van der Waals surface area (Å²) < 4.78 is 0. The van der Waals surface area contributed by atoms with Crippen LogP contribution in [0.5, 0.6) is 0 Å². The number of nitrogens with one attached hydrogen (secondary N) is 1. The van der Waals surface area contributed by atoms with Crippen molar-refractivity contribution in [2.75, 3.05) is 0 Å². The van der Waals surface area contributed by atoms with E-state index < -0.39 is 0 Å². The van der Waals surface area contributed by atoms with E-state index in [-0.39, 0.29) is 0 Å². The molecular formula is C14H31N. The van der Waals surface area contributed by atoms with Crippen LogP contribution in [0.25, 0.3) is 0 Å². The van der Waals surface area contributed by atoms with Crippen LogP contribution in [0.3, 0.4) is 0 Å². The zero-order chi connectivity index (χ0) is 12.6. The molecule has 0 amide bonds. The number of rotatable bonds is 0. The molecule has 0 saturated carbocycles. The van der Waals surface area contributed by atoms with Gasteiger partial charge in [-0.3, -0.25) is 0 Å². The van der Waals surface area contributed by atoms with E-state index in [1.165, 1.54) is 17.7 Å². The Kier molecular flexibility index (Phi) is 8.80. The second kappa shape index (κ2) is 7.78. The zero-order valence-corrected chi connectivity index (χ0v) is 12.3. The topological polar surface area (TPSA) is 12.0 Å². The Hall–Kier alpha value is -0.460. The van der Waals surface area contributed by atoms with E-state index in [1.54, 1.807) is 0 Å². The maximum atomic E-state index is 3.52. The Morgan fingerprint density at radius 2 is 1.47 bits per heavy atom. The molecule has 92 valence electrons. The van der Waals surface area contributed by atoms with Gasteiger partial charge in [0.25, 0.3) is 0 Å². The molecule has 1 rings (SSSR count). The lowest BCUT2D eigenvalue weighted by Crippen LogP contribution is -2.43. The van der Waals surface area contributed by atoms with Crippen molar-refractivity contribution in [2.24, 2.45) is 5.92 Å². The van der Waals surface area contributed by atoms with Crippen molar-refractivity contribution in [3.05, 3.63) is 11.3 Å². The molecule has 1 nitrogen and oxygen atoms in total. The summed E-state index contributed by atoms with van der Waals surface area (Å²) in [7, 11) is 0. The third kappa shape index (κ3) is 5.86. The van der Waals surface area contributed by atoms with Crippen LogP contribution >= 0.6 is 0 Å². The lowest BCUT2D eigenvalue weighted by atomic mass is 9.83. The fourth-order valence-electron chi connectivity index (χ4n) is 1.95. The highest BCUT2D eigenvalue weighted by molar-refractivity contribution is 5.17. The molecule has 1 unspecified atom stereocenters. The summed E-state index contributed by atoms with van der Waals surface area (Å²) in [6.07, 6.45) is 1.25. The highest BCUT2D eigenvalue weighted by Crippen LogP contribution is 2.29. The maximum absolute atomic E-state index is 3.52. The first-order chi connectivity index (χ1) is 6.92. The van der Waals surface area contributed by atoms with Crippen molar-refractivity contribution in [1.82, 2.24) is 5.32 Å². The van der Waals surface area contributed by atoms with Crippen molar-refractivity contribution in [3.8, 4) is 0 Å². The summed E-state index contributed by atoms with van der Waals surface area (Å²) in [4.78, 5) is 0. The van der Waals surface area contributed by atoms with Crippen LogP contribution in [0.4, 0.5) is 0 Å². The number of hydrogen-bond acceptors (Lipinski definition) is 1. The fraction of sp³-hybridized carbons (Fsp3) is 0.857. The summed E-state index contributed by atoms with van der Waals surface area (Å²) >= 11 is 0. The molecule has 1 heterocycles. The van der Waals surface area contributed by atoms with Gasteiger partial charge in [0.2, 0.25) is 0 Å². The molecule has 0 aromatic rings. The molecule has 1 N–H and O–H groups in total. The molecule has 1 aliphatic rings. The van der Waals surface area contributed by atoms with Gasteiger partial charge in [-0.2, -0.15) is 0 Å². The van der Waals surface area contributed by atoms with Gasteiger partial charge < -0.3 is 5.32 Å². The smallest absolute Gasteiger partial charge is 0.0320 e. The van der Waals surface area contributed by atoms with E-state index >= 15 is 0 Å². The first-order valence-electron chi connectivity index (χ1n) is 6.38. The Morgan fingerprint density at radius 3 is 1.80 bits per heavy atom. The van der Waals surface area contributed by atoms with Crippen molar-refractivity contribution in [1.29, 1.82) is 0 Å². The van der Waals surface area contributed by atoms with Crippen LogP contribution in [0.2, 0.25) is 0 Å². The third-order valence-corrected chi connectivity index (χ3v) is 2.67. The van der Waals surface area contributed by atoms with E-state index in [9.17, 15) is 0 Å². The minimum atomic E-state index is 0.295. The monoisotopic (exact) mass is 213 g/mol. The van der Waals surface area contributed by atoms with E-state index in [1.807, 2.05) is 27.7 Å². The van der Waals surface area contributed by atoms with E-state index in [4.69, 9.17) is 0 Å². The van der Waals surface area contributed by atoms with Gasteiger partial charge in [0.15, 0.2) is 0 Å². The van der Waals surface area contributed by atoms with Crippen LogP contribution < -0.4 is 5.32 Å². The van der Waals surface area contributed by atoms with E-state index in [0.717, 1.165) is 5.92 Å². The largest absolute Gasteiger partial charge is 0.384 e. The lowest BCUT2D eigenvalue weighted by molar-refractivity contribution is 0.323. The van der Waals surface area contributed by atoms with Gasteiger partial charge in [-0.1, -0.05) is 40.2 Å². The second-order valence-corrected chi connectivity index (χ2v) is 4.42. The lowest BCUT2D eigenvalue weighted by Gasteiger charge is -2.37. The molecule has 0 aromatic heterocycles. The minimum absolute atomic E-state index is 0.295. The summed E-state index contributed by atoms with van der Waals surface area (Å²) in [5.41, 5.74) is 3.18. The van der Waals surface area contributed by atoms with E-state index in [2.05, 4.69) is 39.9 Å². The summed E-state index contributed by atoms with van der Waals surface area (Å²) in [6.45, 7) is 19.2. The SMILES string of the molecule is CC.CC.CC1=C(C)C(C)CC(C)(C)N1. The van der Waals surface area contributed by atoms with Crippen molar-refractivity contribution >= 4 is 0 Å².